The van der Waals surface area contributed by atoms with Gasteiger partial charge < -0.3 is 5.32 Å². The maximum Gasteiger partial charge on any atom is 0.387 e. The Morgan fingerprint density at radius 2 is 1.73 bits per heavy atom. The van der Waals surface area contributed by atoms with E-state index < -0.39 is 12.6 Å². The average Bonchev–Trinajstić information content (AvgIpc) is 2.14. The lowest BCUT2D eigenvalue weighted by Gasteiger charge is -2.19. The third kappa shape index (κ3) is 5.64. The summed E-state index contributed by atoms with van der Waals surface area (Å²) in [4.78, 5) is 0. The molecule has 84 valence electrons. The summed E-state index contributed by atoms with van der Waals surface area (Å²) in [6.07, 6.45) is -4.98. The third-order valence-electron chi connectivity index (χ3n) is 1.76. The molecule has 0 saturated heterocycles. The Bertz CT molecular complexity index is 295. The molecule has 0 aliphatic heterocycles. The highest BCUT2D eigenvalue weighted by Gasteiger charge is 2.23. The van der Waals surface area contributed by atoms with E-state index >= 15 is 0 Å². The zero-order chi connectivity index (χ0) is 11.3. The highest BCUT2D eigenvalue weighted by molar-refractivity contribution is 6.30. The number of benzene rings is 1. The fourth-order valence-electron chi connectivity index (χ4n) is 1.00. The Hall–Kier alpha value is -0.740. The van der Waals surface area contributed by atoms with Crippen molar-refractivity contribution < 1.29 is 13.2 Å². The van der Waals surface area contributed by atoms with Crippen LogP contribution in [0.15, 0.2) is 24.3 Å². The number of rotatable bonds is 4. The number of halogens is 4. The lowest BCUT2D eigenvalue weighted by molar-refractivity contribution is -0.131. The molecule has 1 aromatic carbocycles. The van der Waals surface area contributed by atoms with Gasteiger partial charge >= 0.3 is 6.18 Å². The fraction of sp³-hybridized carbons (Fsp3) is 0.400. The molecular weight excluding hydrogens is 227 g/mol. The van der Waals surface area contributed by atoms with Gasteiger partial charge in [0.15, 0.2) is 0 Å². The molecule has 0 radical (unpaired) electrons. The second kappa shape index (κ2) is 5.37. The fourth-order valence-corrected chi connectivity index (χ4v) is 1.13. The minimum absolute atomic E-state index is 0.188. The average molecular weight is 237 g/mol. The molecule has 0 unspecified atom stereocenters. The molecule has 5 heteroatoms. The molecule has 0 amide bonds. The van der Waals surface area contributed by atoms with E-state index in [2.05, 4.69) is 5.32 Å². The van der Waals surface area contributed by atoms with Crippen molar-refractivity contribution in [2.45, 2.75) is 19.1 Å². The molecule has 1 aromatic rings. The highest BCUT2D eigenvalue weighted by Crippen LogP contribution is 2.20. The van der Waals surface area contributed by atoms with Gasteiger partial charge in [-0.25, -0.2) is 0 Å². The van der Waals surface area contributed by atoms with Crippen LogP contribution in [0.4, 0.5) is 13.2 Å². The van der Waals surface area contributed by atoms with Crippen LogP contribution in [0.25, 0.3) is 5.32 Å². The van der Waals surface area contributed by atoms with Gasteiger partial charge in [0.1, 0.15) is 0 Å². The largest absolute Gasteiger partial charge is 0.658 e. The molecular formula is C10H10ClF3N-. The van der Waals surface area contributed by atoms with E-state index in [0.29, 0.717) is 11.6 Å². The summed E-state index contributed by atoms with van der Waals surface area (Å²) in [6.45, 7) is 0.110. The number of alkyl halides is 3. The molecule has 0 spiro atoms. The molecule has 1 nitrogen and oxygen atoms in total. The van der Waals surface area contributed by atoms with E-state index in [1.807, 2.05) is 0 Å². The van der Waals surface area contributed by atoms with E-state index in [-0.39, 0.29) is 6.54 Å². The number of nitrogens with zero attached hydrogens (tertiary/aromatic N) is 1. The zero-order valence-corrected chi connectivity index (χ0v) is 8.65. The van der Waals surface area contributed by atoms with Crippen LogP contribution in [0, 0.1) is 0 Å². The maximum atomic E-state index is 11.8. The van der Waals surface area contributed by atoms with Crippen molar-refractivity contribution in [1.29, 1.82) is 0 Å². The predicted octanol–water partition coefficient (Wildman–Crippen LogP) is 4.17. The molecule has 0 fully saturated rings. The molecule has 0 N–H and O–H groups in total. The van der Waals surface area contributed by atoms with Gasteiger partial charge in [0.05, 0.1) is 0 Å². The Labute approximate surface area is 91.2 Å². The van der Waals surface area contributed by atoms with Crippen LogP contribution in [-0.4, -0.2) is 12.7 Å². The minimum atomic E-state index is -4.12. The van der Waals surface area contributed by atoms with Gasteiger partial charge in [0.2, 0.25) is 0 Å². The van der Waals surface area contributed by atoms with Gasteiger partial charge in [-0.05, 0) is 12.1 Å². The number of hydrogen-bond acceptors (Lipinski definition) is 0. The summed E-state index contributed by atoms with van der Waals surface area (Å²) in [5.74, 6) is 0. The van der Waals surface area contributed by atoms with Gasteiger partial charge in [0, 0.05) is 11.4 Å². The topological polar surface area (TPSA) is 14.1 Å². The van der Waals surface area contributed by atoms with Crippen LogP contribution in [-0.2, 0) is 6.54 Å². The Kier molecular flexibility index (Phi) is 4.42. The monoisotopic (exact) mass is 236 g/mol. The third-order valence-corrected chi connectivity index (χ3v) is 2.01. The van der Waals surface area contributed by atoms with Crippen LogP contribution < -0.4 is 0 Å². The quantitative estimate of drug-likeness (QED) is 0.697. The summed E-state index contributed by atoms with van der Waals surface area (Å²) in [5, 5.41) is 4.40. The molecule has 0 aromatic heterocycles. The zero-order valence-electron chi connectivity index (χ0n) is 7.89. The second-order valence-corrected chi connectivity index (χ2v) is 3.53. The molecule has 15 heavy (non-hydrogen) atoms. The smallest absolute Gasteiger partial charge is 0.387 e. The van der Waals surface area contributed by atoms with Gasteiger partial charge in [-0.2, -0.15) is 13.2 Å². The number of hydrogen-bond donors (Lipinski definition) is 0. The van der Waals surface area contributed by atoms with Crippen molar-refractivity contribution in [3.8, 4) is 0 Å². The van der Waals surface area contributed by atoms with Crippen LogP contribution in [0.1, 0.15) is 12.0 Å². The second-order valence-electron chi connectivity index (χ2n) is 3.10. The van der Waals surface area contributed by atoms with E-state index in [1.165, 1.54) is 0 Å². The van der Waals surface area contributed by atoms with Gasteiger partial charge in [-0.3, -0.25) is 0 Å². The van der Waals surface area contributed by atoms with Crippen LogP contribution in [0.5, 0.6) is 0 Å². The van der Waals surface area contributed by atoms with E-state index in [4.69, 9.17) is 11.6 Å². The van der Waals surface area contributed by atoms with Crippen LogP contribution in [0.2, 0.25) is 5.02 Å². The summed E-state index contributed by atoms with van der Waals surface area (Å²) >= 11 is 5.65. The molecule has 0 atom stereocenters. The summed E-state index contributed by atoms with van der Waals surface area (Å²) in [5.41, 5.74) is 0.863. The molecule has 0 aliphatic carbocycles. The normalized spacial score (nSPS) is 11.7. The van der Waals surface area contributed by atoms with E-state index in [0.717, 1.165) is 5.56 Å². The first-order valence-electron chi connectivity index (χ1n) is 4.42. The Balaban J connectivity index is 2.23. The van der Waals surface area contributed by atoms with Crippen LogP contribution in [0.3, 0.4) is 0 Å². The summed E-state index contributed by atoms with van der Waals surface area (Å²) < 4.78 is 35.3. The van der Waals surface area contributed by atoms with Gasteiger partial charge in [-0.15, -0.1) is 13.1 Å². The van der Waals surface area contributed by atoms with Gasteiger partial charge in [0.25, 0.3) is 0 Å². The van der Waals surface area contributed by atoms with E-state index in [1.54, 1.807) is 24.3 Å². The SMILES string of the molecule is FC(F)(F)CC[N-]Cc1ccc(Cl)cc1. The lowest BCUT2D eigenvalue weighted by Crippen LogP contribution is -2.09. The minimum Gasteiger partial charge on any atom is -0.658 e. The first-order chi connectivity index (χ1) is 6.97. The first-order valence-corrected chi connectivity index (χ1v) is 4.79. The summed E-state index contributed by atoms with van der Waals surface area (Å²) in [6, 6.07) is 6.88. The molecule has 0 aliphatic rings. The standard InChI is InChI=1S/C10H10ClF3N/c11-9-3-1-8(2-4-9)7-15-6-5-10(12,13)14/h1-4H,5-7H2/q-1. The van der Waals surface area contributed by atoms with Crippen LogP contribution >= 0.6 is 11.6 Å². The Morgan fingerprint density at radius 1 is 1.13 bits per heavy atom. The lowest BCUT2D eigenvalue weighted by atomic mass is 10.2. The first kappa shape index (κ1) is 12.3. The van der Waals surface area contributed by atoms with Crippen molar-refractivity contribution in [2.24, 2.45) is 0 Å². The van der Waals surface area contributed by atoms with E-state index in [9.17, 15) is 13.2 Å². The van der Waals surface area contributed by atoms with Crippen molar-refractivity contribution in [2.75, 3.05) is 6.54 Å². The van der Waals surface area contributed by atoms with Gasteiger partial charge in [-0.1, -0.05) is 29.3 Å². The highest BCUT2D eigenvalue weighted by atomic mass is 35.5. The van der Waals surface area contributed by atoms with Crippen molar-refractivity contribution in [1.82, 2.24) is 0 Å². The molecule has 0 heterocycles. The van der Waals surface area contributed by atoms with Crippen molar-refractivity contribution >= 4 is 11.6 Å². The Morgan fingerprint density at radius 3 is 2.27 bits per heavy atom. The molecule has 1 rings (SSSR count). The van der Waals surface area contributed by atoms with Crippen molar-refractivity contribution in [3.05, 3.63) is 40.2 Å². The maximum absolute atomic E-state index is 11.8. The molecule has 0 saturated carbocycles. The molecule has 0 bridgehead atoms. The summed E-state index contributed by atoms with van der Waals surface area (Å²) in [7, 11) is 0. The predicted molar refractivity (Wildman–Crippen MR) is 54.1 cm³/mol. The van der Waals surface area contributed by atoms with Crippen molar-refractivity contribution in [3.63, 3.8) is 0 Å².